The topological polar surface area (TPSA) is 57.9 Å². The van der Waals surface area contributed by atoms with Crippen LogP contribution in [-0.4, -0.2) is 34.2 Å². The van der Waals surface area contributed by atoms with Gasteiger partial charge in [-0.25, -0.2) is 0 Å². The van der Waals surface area contributed by atoms with Crippen LogP contribution in [0.4, 0.5) is 0 Å². The summed E-state index contributed by atoms with van der Waals surface area (Å²) in [5, 5.41) is 11.5. The third kappa shape index (κ3) is 2.26. The van der Waals surface area contributed by atoms with E-state index in [9.17, 15) is 0 Å². The van der Waals surface area contributed by atoms with E-state index in [1.807, 2.05) is 6.20 Å². The number of thiophene rings is 1. The highest BCUT2D eigenvalue weighted by Gasteiger charge is 2.20. The van der Waals surface area contributed by atoms with E-state index in [2.05, 4.69) is 31.9 Å². The molecule has 2 aromatic rings. The van der Waals surface area contributed by atoms with E-state index < -0.39 is 0 Å². The van der Waals surface area contributed by atoms with Crippen LogP contribution in [0.2, 0.25) is 0 Å². The number of aromatic amines is 1. The summed E-state index contributed by atoms with van der Waals surface area (Å²) >= 11 is 1.71. The van der Waals surface area contributed by atoms with Crippen LogP contribution in [0.1, 0.15) is 12.0 Å². The number of nitrogens with two attached hydrogens (primary N) is 1. The van der Waals surface area contributed by atoms with Crippen molar-refractivity contribution in [2.75, 3.05) is 13.1 Å². The Bertz CT molecular complexity index is 476. The molecular formula is C12H16N4S. The molecule has 1 fully saturated rings. The second kappa shape index (κ2) is 4.60. The van der Waals surface area contributed by atoms with E-state index in [0.717, 1.165) is 31.7 Å². The lowest BCUT2D eigenvalue weighted by atomic mass is 10.1. The molecule has 0 amide bonds. The monoisotopic (exact) mass is 248 g/mol. The zero-order valence-corrected chi connectivity index (χ0v) is 10.4. The van der Waals surface area contributed by atoms with Crippen molar-refractivity contribution in [2.24, 2.45) is 5.73 Å². The number of H-pyrrole nitrogens is 1. The average Bonchev–Trinajstić information content (AvgIpc) is 3.00. The molecule has 1 atom stereocenters. The minimum atomic E-state index is 0.339. The molecular weight excluding hydrogens is 232 g/mol. The van der Waals surface area contributed by atoms with Crippen molar-refractivity contribution in [3.8, 4) is 11.3 Å². The molecule has 0 bridgehead atoms. The summed E-state index contributed by atoms with van der Waals surface area (Å²) in [5.74, 6) is 0. The van der Waals surface area contributed by atoms with Crippen LogP contribution in [0.15, 0.2) is 23.0 Å². The van der Waals surface area contributed by atoms with Gasteiger partial charge in [0.05, 0.1) is 11.9 Å². The van der Waals surface area contributed by atoms with Gasteiger partial charge in [-0.1, -0.05) is 0 Å². The van der Waals surface area contributed by atoms with Gasteiger partial charge >= 0.3 is 0 Å². The van der Waals surface area contributed by atoms with Crippen molar-refractivity contribution >= 4 is 11.3 Å². The van der Waals surface area contributed by atoms with E-state index in [4.69, 9.17) is 5.73 Å². The molecule has 0 aromatic carbocycles. The summed E-state index contributed by atoms with van der Waals surface area (Å²) in [7, 11) is 0. The Kier molecular flexibility index (Phi) is 2.96. The average molecular weight is 248 g/mol. The molecule has 0 unspecified atom stereocenters. The highest BCUT2D eigenvalue weighted by molar-refractivity contribution is 7.08. The molecule has 0 aliphatic carbocycles. The van der Waals surface area contributed by atoms with E-state index in [1.54, 1.807) is 11.3 Å². The fraction of sp³-hybridized carbons (Fsp3) is 0.417. The minimum Gasteiger partial charge on any atom is -0.326 e. The van der Waals surface area contributed by atoms with Gasteiger partial charge < -0.3 is 5.73 Å². The zero-order valence-electron chi connectivity index (χ0n) is 9.60. The van der Waals surface area contributed by atoms with Crippen molar-refractivity contribution in [2.45, 2.75) is 19.0 Å². The second-order valence-electron chi connectivity index (χ2n) is 4.57. The first-order valence-electron chi connectivity index (χ1n) is 5.85. The first-order valence-corrected chi connectivity index (χ1v) is 6.80. The maximum absolute atomic E-state index is 5.92. The Hall–Kier alpha value is -1.17. The fourth-order valence-electron chi connectivity index (χ4n) is 2.33. The molecule has 17 heavy (non-hydrogen) atoms. The smallest absolute Gasteiger partial charge is 0.0703 e. The summed E-state index contributed by atoms with van der Waals surface area (Å²) in [6.45, 7) is 3.03. The number of hydrogen-bond acceptors (Lipinski definition) is 4. The van der Waals surface area contributed by atoms with Crippen LogP contribution >= 0.6 is 11.3 Å². The van der Waals surface area contributed by atoms with E-state index in [0.29, 0.717) is 6.04 Å². The largest absolute Gasteiger partial charge is 0.326 e. The lowest BCUT2D eigenvalue weighted by molar-refractivity contribution is 0.327. The third-order valence-corrected chi connectivity index (χ3v) is 3.91. The Morgan fingerprint density at radius 3 is 3.24 bits per heavy atom. The van der Waals surface area contributed by atoms with Gasteiger partial charge in [-0.15, -0.1) is 0 Å². The molecule has 1 aliphatic rings. The van der Waals surface area contributed by atoms with Crippen LogP contribution < -0.4 is 5.73 Å². The van der Waals surface area contributed by atoms with E-state index in [1.165, 1.54) is 11.1 Å². The van der Waals surface area contributed by atoms with Gasteiger partial charge in [0.1, 0.15) is 0 Å². The molecule has 1 saturated heterocycles. The van der Waals surface area contributed by atoms with Gasteiger partial charge in [0.15, 0.2) is 0 Å². The Morgan fingerprint density at radius 2 is 2.53 bits per heavy atom. The van der Waals surface area contributed by atoms with Crippen molar-refractivity contribution < 1.29 is 0 Å². The standard InChI is InChI=1S/C12H16N4S/c13-11-1-3-16(7-11)6-10-5-14-15-12(10)9-2-4-17-8-9/h2,4-5,8,11H,1,3,6-7,13H2,(H,14,15)/t11-/m0/s1. The van der Waals surface area contributed by atoms with Crippen molar-refractivity contribution in [1.82, 2.24) is 15.1 Å². The van der Waals surface area contributed by atoms with Crippen LogP contribution in [0, 0.1) is 0 Å². The molecule has 1 aliphatic heterocycles. The molecule has 0 radical (unpaired) electrons. The van der Waals surface area contributed by atoms with Crippen LogP contribution in [-0.2, 0) is 6.54 Å². The lowest BCUT2D eigenvalue weighted by Crippen LogP contribution is -2.26. The van der Waals surface area contributed by atoms with Gasteiger partial charge in [-0.05, 0) is 17.9 Å². The number of likely N-dealkylation sites (tertiary alicyclic amines) is 1. The molecule has 90 valence electrons. The summed E-state index contributed by atoms with van der Waals surface area (Å²) in [4.78, 5) is 2.39. The first kappa shape index (κ1) is 11.0. The van der Waals surface area contributed by atoms with Crippen molar-refractivity contribution in [1.29, 1.82) is 0 Å². The van der Waals surface area contributed by atoms with Gasteiger partial charge in [-0.3, -0.25) is 10.00 Å². The summed E-state index contributed by atoms with van der Waals surface area (Å²) in [6, 6.07) is 2.46. The lowest BCUT2D eigenvalue weighted by Gasteiger charge is -2.14. The third-order valence-electron chi connectivity index (χ3n) is 3.23. The minimum absolute atomic E-state index is 0.339. The first-order chi connectivity index (χ1) is 8.33. The number of nitrogens with zero attached hydrogens (tertiary/aromatic N) is 2. The van der Waals surface area contributed by atoms with Gasteiger partial charge in [-0.2, -0.15) is 16.4 Å². The number of rotatable bonds is 3. The van der Waals surface area contributed by atoms with Gasteiger partial charge in [0.25, 0.3) is 0 Å². The van der Waals surface area contributed by atoms with Gasteiger partial charge in [0, 0.05) is 42.2 Å². The van der Waals surface area contributed by atoms with Crippen LogP contribution in [0.3, 0.4) is 0 Å². The zero-order chi connectivity index (χ0) is 11.7. The number of aromatic nitrogens is 2. The Balaban J connectivity index is 1.78. The predicted octanol–water partition coefficient (Wildman–Crippen LogP) is 1.67. The summed E-state index contributed by atoms with van der Waals surface area (Å²) < 4.78 is 0. The van der Waals surface area contributed by atoms with Gasteiger partial charge in [0.2, 0.25) is 0 Å². The second-order valence-corrected chi connectivity index (χ2v) is 5.35. The Labute approximate surface area is 104 Å². The molecule has 3 N–H and O–H groups in total. The van der Waals surface area contributed by atoms with E-state index >= 15 is 0 Å². The van der Waals surface area contributed by atoms with Crippen molar-refractivity contribution in [3.63, 3.8) is 0 Å². The summed E-state index contributed by atoms with van der Waals surface area (Å²) in [6.07, 6.45) is 3.03. The number of nitrogens with one attached hydrogen (secondary N) is 1. The normalized spacial score (nSPS) is 21.1. The number of hydrogen-bond donors (Lipinski definition) is 2. The fourth-order valence-corrected chi connectivity index (χ4v) is 2.98. The highest BCUT2D eigenvalue weighted by atomic mass is 32.1. The summed E-state index contributed by atoms with van der Waals surface area (Å²) in [5.41, 5.74) is 9.56. The molecule has 0 saturated carbocycles. The molecule has 5 heteroatoms. The molecule has 3 heterocycles. The molecule has 4 nitrogen and oxygen atoms in total. The highest BCUT2D eigenvalue weighted by Crippen LogP contribution is 2.25. The van der Waals surface area contributed by atoms with E-state index in [-0.39, 0.29) is 0 Å². The quantitative estimate of drug-likeness (QED) is 0.868. The van der Waals surface area contributed by atoms with Crippen molar-refractivity contribution in [3.05, 3.63) is 28.6 Å². The molecule has 2 aromatic heterocycles. The van der Waals surface area contributed by atoms with Crippen LogP contribution in [0.25, 0.3) is 11.3 Å². The predicted molar refractivity (Wildman–Crippen MR) is 69.8 cm³/mol. The molecule has 3 rings (SSSR count). The molecule has 0 spiro atoms. The van der Waals surface area contributed by atoms with Crippen LogP contribution in [0.5, 0.6) is 0 Å². The SMILES string of the molecule is N[C@H]1CCN(Cc2cn[nH]c2-c2ccsc2)C1. The maximum atomic E-state index is 5.92. The Morgan fingerprint density at radius 1 is 1.59 bits per heavy atom. The maximum Gasteiger partial charge on any atom is 0.0703 e.